The van der Waals surface area contributed by atoms with Crippen LogP contribution in [0.2, 0.25) is 0 Å². The molecule has 1 atom stereocenters. The van der Waals surface area contributed by atoms with Gasteiger partial charge in [0.2, 0.25) is 5.91 Å². The van der Waals surface area contributed by atoms with Gasteiger partial charge in [-0.05, 0) is 24.3 Å². The first-order valence-corrected chi connectivity index (χ1v) is 5.93. The van der Waals surface area contributed by atoms with Gasteiger partial charge in [-0.15, -0.1) is 0 Å². The lowest BCUT2D eigenvalue weighted by Gasteiger charge is -2.31. The number of amides is 1. The Kier molecular flexibility index (Phi) is 3.76. The Morgan fingerprint density at radius 2 is 2.06 bits per heavy atom. The molecule has 0 unspecified atom stereocenters. The molecule has 1 aromatic rings. The molecule has 4 nitrogen and oxygen atoms in total. The van der Waals surface area contributed by atoms with Gasteiger partial charge in [0.1, 0.15) is 6.04 Å². The van der Waals surface area contributed by atoms with Crippen LogP contribution in [0.4, 0.5) is 0 Å². The van der Waals surface area contributed by atoms with Crippen LogP contribution >= 0.6 is 0 Å². The van der Waals surface area contributed by atoms with Gasteiger partial charge in [-0.25, -0.2) is 0 Å². The lowest BCUT2D eigenvalue weighted by atomic mass is 9.82. The van der Waals surface area contributed by atoms with Crippen molar-refractivity contribution in [1.82, 2.24) is 5.32 Å². The van der Waals surface area contributed by atoms with Crippen molar-refractivity contribution in [1.29, 1.82) is 0 Å². The molecular weight excluding hydrogens is 216 g/mol. The summed E-state index contributed by atoms with van der Waals surface area (Å²) in [6.45, 7) is 0.608. The van der Waals surface area contributed by atoms with Crippen LogP contribution in [0.3, 0.4) is 0 Å². The number of carbonyl (C=O) groups excluding carboxylic acids is 1. The molecule has 0 heterocycles. The smallest absolute Gasteiger partial charge is 0.241 e. The zero-order valence-electron chi connectivity index (χ0n) is 9.67. The van der Waals surface area contributed by atoms with Crippen molar-refractivity contribution >= 4 is 5.91 Å². The molecule has 0 bridgehead atoms. The maximum atomic E-state index is 11.8. The van der Waals surface area contributed by atoms with Crippen LogP contribution in [0.15, 0.2) is 30.3 Å². The molecular formula is C13H18N2O2. The van der Waals surface area contributed by atoms with Crippen molar-refractivity contribution in [3.63, 3.8) is 0 Å². The first-order chi connectivity index (χ1) is 8.16. The van der Waals surface area contributed by atoms with E-state index in [2.05, 4.69) is 5.32 Å². The lowest BCUT2D eigenvalue weighted by Crippen LogP contribution is -2.41. The minimum Gasteiger partial charge on any atom is -0.393 e. The van der Waals surface area contributed by atoms with Gasteiger partial charge in [0.05, 0.1) is 6.10 Å². The van der Waals surface area contributed by atoms with Gasteiger partial charge in [0.15, 0.2) is 0 Å². The van der Waals surface area contributed by atoms with Gasteiger partial charge in [-0.3, -0.25) is 4.79 Å². The molecule has 0 aromatic heterocycles. The molecule has 1 aliphatic rings. The third-order valence-corrected chi connectivity index (χ3v) is 3.22. The molecule has 1 aromatic carbocycles. The van der Waals surface area contributed by atoms with Crippen LogP contribution in [0.1, 0.15) is 24.4 Å². The van der Waals surface area contributed by atoms with E-state index >= 15 is 0 Å². The fourth-order valence-electron chi connectivity index (χ4n) is 2.03. The van der Waals surface area contributed by atoms with E-state index in [9.17, 15) is 4.79 Å². The van der Waals surface area contributed by atoms with Gasteiger partial charge in [0, 0.05) is 6.54 Å². The average Bonchev–Trinajstić information content (AvgIpc) is 2.33. The van der Waals surface area contributed by atoms with Crippen LogP contribution in [0, 0.1) is 5.92 Å². The van der Waals surface area contributed by atoms with Crippen LogP contribution < -0.4 is 11.1 Å². The molecule has 4 heteroatoms. The van der Waals surface area contributed by atoms with Crippen LogP contribution in [-0.2, 0) is 4.79 Å². The lowest BCUT2D eigenvalue weighted by molar-refractivity contribution is -0.123. The van der Waals surface area contributed by atoms with Gasteiger partial charge < -0.3 is 16.2 Å². The van der Waals surface area contributed by atoms with Gasteiger partial charge in [-0.1, -0.05) is 30.3 Å². The first-order valence-electron chi connectivity index (χ1n) is 5.93. The maximum Gasteiger partial charge on any atom is 0.241 e. The Labute approximate surface area is 101 Å². The Bertz CT molecular complexity index is 374. The molecule has 17 heavy (non-hydrogen) atoms. The standard InChI is InChI=1S/C13H18N2O2/c14-12(10-4-2-1-3-5-10)13(17)15-8-9-6-11(16)7-9/h1-5,9,11-12,16H,6-8,14H2,(H,15,17)/t9?,11?,12-/m1/s1. The molecule has 0 saturated heterocycles. The number of hydrogen-bond acceptors (Lipinski definition) is 3. The summed E-state index contributed by atoms with van der Waals surface area (Å²) in [5, 5.41) is 12.0. The average molecular weight is 234 g/mol. The predicted molar refractivity (Wildman–Crippen MR) is 65.1 cm³/mol. The molecule has 0 radical (unpaired) electrons. The zero-order valence-corrected chi connectivity index (χ0v) is 9.67. The molecule has 2 rings (SSSR count). The topological polar surface area (TPSA) is 75.4 Å². The second-order valence-electron chi connectivity index (χ2n) is 4.62. The highest BCUT2D eigenvalue weighted by molar-refractivity contribution is 5.82. The maximum absolute atomic E-state index is 11.8. The number of hydrogen-bond donors (Lipinski definition) is 3. The van der Waals surface area contributed by atoms with E-state index in [1.165, 1.54) is 0 Å². The molecule has 1 fully saturated rings. The van der Waals surface area contributed by atoms with Crippen molar-refractivity contribution in [2.75, 3.05) is 6.54 Å². The molecule has 1 saturated carbocycles. The highest BCUT2D eigenvalue weighted by atomic mass is 16.3. The van der Waals surface area contributed by atoms with E-state index in [1.807, 2.05) is 30.3 Å². The summed E-state index contributed by atoms with van der Waals surface area (Å²) < 4.78 is 0. The van der Waals surface area contributed by atoms with Gasteiger partial charge >= 0.3 is 0 Å². The van der Waals surface area contributed by atoms with E-state index in [4.69, 9.17) is 10.8 Å². The second-order valence-corrected chi connectivity index (χ2v) is 4.62. The molecule has 0 spiro atoms. The highest BCUT2D eigenvalue weighted by Crippen LogP contribution is 2.26. The number of nitrogens with one attached hydrogen (secondary N) is 1. The van der Waals surface area contributed by atoms with Gasteiger partial charge in [0.25, 0.3) is 0 Å². The first kappa shape index (κ1) is 12.1. The highest BCUT2D eigenvalue weighted by Gasteiger charge is 2.27. The summed E-state index contributed by atoms with van der Waals surface area (Å²) in [5.74, 6) is 0.245. The van der Waals surface area contributed by atoms with Crippen molar-refractivity contribution in [2.24, 2.45) is 11.7 Å². The summed E-state index contributed by atoms with van der Waals surface area (Å²) in [4.78, 5) is 11.8. The zero-order chi connectivity index (χ0) is 12.3. The normalized spacial score (nSPS) is 24.8. The van der Waals surface area contributed by atoms with Crippen molar-refractivity contribution in [2.45, 2.75) is 25.0 Å². The Morgan fingerprint density at radius 3 is 2.65 bits per heavy atom. The third kappa shape index (κ3) is 3.05. The number of benzene rings is 1. The minimum absolute atomic E-state index is 0.155. The van der Waals surface area contributed by atoms with Crippen molar-refractivity contribution in [3.05, 3.63) is 35.9 Å². The van der Waals surface area contributed by atoms with E-state index in [-0.39, 0.29) is 12.0 Å². The number of aliphatic hydroxyl groups excluding tert-OH is 1. The van der Waals surface area contributed by atoms with Crippen molar-refractivity contribution < 1.29 is 9.90 Å². The van der Waals surface area contributed by atoms with E-state index < -0.39 is 6.04 Å². The number of aliphatic hydroxyl groups is 1. The molecule has 0 aliphatic heterocycles. The quantitative estimate of drug-likeness (QED) is 0.713. The Hall–Kier alpha value is -1.39. The monoisotopic (exact) mass is 234 g/mol. The van der Waals surface area contributed by atoms with E-state index in [0.717, 1.165) is 18.4 Å². The summed E-state index contributed by atoms with van der Waals surface area (Å²) in [7, 11) is 0. The van der Waals surface area contributed by atoms with E-state index in [1.54, 1.807) is 0 Å². The summed E-state index contributed by atoms with van der Waals surface area (Å²) in [6, 6.07) is 8.70. The van der Waals surface area contributed by atoms with E-state index in [0.29, 0.717) is 12.5 Å². The van der Waals surface area contributed by atoms with Gasteiger partial charge in [-0.2, -0.15) is 0 Å². The summed E-state index contributed by atoms with van der Waals surface area (Å²) in [5.41, 5.74) is 6.67. The fourth-order valence-corrected chi connectivity index (χ4v) is 2.03. The van der Waals surface area contributed by atoms with Crippen LogP contribution in [0.25, 0.3) is 0 Å². The third-order valence-electron chi connectivity index (χ3n) is 3.22. The fraction of sp³-hybridized carbons (Fsp3) is 0.462. The minimum atomic E-state index is -0.610. The largest absolute Gasteiger partial charge is 0.393 e. The molecule has 4 N–H and O–H groups in total. The Morgan fingerprint density at radius 1 is 1.41 bits per heavy atom. The second kappa shape index (κ2) is 5.29. The van der Waals surface area contributed by atoms with Crippen molar-refractivity contribution in [3.8, 4) is 0 Å². The predicted octanol–water partition coefficient (Wildman–Crippen LogP) is 0.573. The van der Waals surface area contributed by atoms with Crippen LogP contribution in [-0.4, -0.2) is 23.7 Å². The molecule has 92 valence electrons. The summed E-state index contributed by atoms with van der Waals surface area (Å²) >= 11 is 0. The SMILES string of the molecule is N[C@@H](C(=O)NCC1CC(O)C1)c1ccccc1. The number of carbonyl (C=O) groups is 1. The number of nitrogens with two attached hydrogens (primary N) is 1. The Balaban J connectivity index is 1.80. The molecule has 1 amide bonds. The number of rotatable bonds is 4. The van der Waals surface area contributed by atoms with Crippen LogP contribution in [0.5, 0.6) is 0 Å². The molecule has 1 aliphatic carbocycles. The summed E-state index contributed by atoms with van der Waals surface area (Å²) in [6.07, 6.45) is 1.38.